The lowest BCUT2D eigenvalue weighted by Crippen LogP contribution is -2.39. The molecule has 1 aromatic carbocycles. The van der Waals surface area contributed by atoms with E-state index in [-0.39, 0.29) is 40.7 Å². The summed E-state index contributed by atoms with van der Waals surface area (Å²) in [7, 11) is 0. The average Bonchev–Trinajstić information content (AvgIpc) is 2.85. The van der Waals surface area contributed by atoms with Crippen molar-refractivity contribution in [1.29, 1.82) is 0 Å². The minimum atomic E-state index is -0.402. The fourth-order valence-corrected chi connectivity index (χ4v) is 4.70. The van der Waals surface area contributed by atoms with Gasteiger partial charge in [0.1, 0.15) is 0 Å². The van der Waals surface area contributed by atoms with E-state index in [1.807, 2.05) is 65.7 Å². The summed E-state index contributed by atoms with van der Waals surface area (Å²) in [6, 6.07) is 13.6. The molecular formula is C25H26N4O3S. The van der Waals surface area contributed by atoms with Gasteiger partial charge >= 0.3 is 0 Å². The third-order valence-electron chi connectivity index (χ3n) is 5.63. The Bertz CT molecular complexity index is 1170. The number of amides is 1. The van der Waals surface area contributed by atoms with E-state index in [0.29, 0.717) is 6.54 Å². The quantitative estimate of drug-likeness (QED) is 0.407. The molecule has 0 radical (unpaired) electrons. The fraction of sp³-hybridized carbons (Fsp3) is 0.280. The van der Waals surface area contributed by atoms with E-state index < -0.39 is 5.56 Å². The van der Waals surface area contributed by atoms with Gasteiger partial charge in [-0.3, -0.25) is 14.6 Å². The molecule has 3 heterocycles. The van der Waals surface area contributed by atoms with E-state index >= 15 is 0 Å². The van der Waals surface area contributed by atoms with Crippen molar-refractivity contribution in [3.63, 3.8) is 0 Å². The van der Waals surface area contributed by atoms with Crippen LogP contribution < -0.4 is 5.56 Å². The van der Waals surface area contributed by atoms with Gasteiger partial charge in [-0.1, -0.05) is 60.3 Å². The molecule has 170 valence electrons. The monoisotopic (exact) mass is 462 g/mol. The molecule has 1 aliphatic heterocycles. The highest BCUT2D eigenvalue weighted by molar-refractivity contribution is 7.99. The Balaban J connectivity index is 1.39. The molecule has 1 fully saturated rings. The molecule has 1 saturated heterocycles. The predicted molar refractivity (Wildman–Crippen MR) is 129 cm³/mol. The van der Waals surface area contributed by atoms with E-state index in [1.165, 1.54) is 0 Å². The normalized spacial score (nSPS) is 16.2. The Morgan fingerprint density at radius 1 is 1.21 bits per heavy atom. The van der Waals surface area contributed by atoms with Gasteiger partial charge in [0.15, 0.2) is 5.16 Å². The molecule has 1 atom stereocenters. The zero-order valence-electron chi connectivity index (χ0n) is 18.2. The van der Waals surface area contributed by atoms with Crippen LogP contribution in [0.15, 0.2) is 70.9 Å². The smallest absolute Gasteiger partial charge is 0.258 e. The second-order valence-electron chi connectivity index (χ2n) is 7.86. The molecular weight excluding hydrogens is 436 g/mol. The van der Waals surface area contributed by atoms with E-state index in [1.54, 1.807) is 6.20 Å². The zero-order valence-corrected chi connectivity index (χ0v) is 19.0. The summed E-state index contributed by atoms with van der Waals surface area (Å²) in [5.74, 6) is -0.199. The third kappa shape index (κ3) is 5.90. The van der Waals surface area contributed by atoms with Crippen molar-refractivity contribution >= 4 is 23.7 Å². The van der Waals surface area contributed by atoms with Crippen LogP contribution in [0.5, 0.6) is 5.88 Å². The summed E-state index contributed by atoms with van der Waals surface area (Å²) in [5.41, 5.74) is 1.84. The Morgan fingerprint density at radius 2 is 2.06 bits per heavy atom. The van der Waals surface area contributed by atoms with Crippen LogP contribution in [0, 0.1) is 0 Å². The van der Waals surface area contributed by atoms with Gasteiger partial charge in [0, 0.05) is 25.4 Å². The standard InChI is InChI=1S/C25H26N4O3S/c30-22(29-15-5-4-13-21(29)19-11-7-14-26-16-19)17-33-25-27-23(31)20(24(32)28-25)12-6-10-18-8-2-1-3-9-18/h1-3,6-11,14,16,21H,4-5,12-13,15,17H2,(H2,27,28,31,32)/b10-6+/t21-/m0/s1. The number of rotatable bonds is 7. The predicted octanol–water partition coefficient (Wildman–Crippen LogP) is 3.97. The number of aromatic nitrogens is 3. The van der Waals surface area contributed by atoms with Crippen molar-refractivity contribution in [2.75, 3.05) is 12.3 Å². The average molecular weight is 463 g/mol. The number of hydrogen-bond acceptors (Lipinski definition) is 6. The van der Waals surface area contributed by atoms with Crippen LogP contribution >= 0.6 is 11.8 Å². The zero-order chi connectivity index (χ0) is 23.0. The number of benzene rings is 1. The number of nitrogens with one attached hydrogen (secondary N) is 1. The number of pyridine rings is 1. The van der Waals surface area contributed by atoms with Gasteiger partial charge in [-0.25, -0.2) is 0 Å². The lowest BCUT2D eigenvalue weighted by atomic mass is 9.96. The second-order valence-corrected chi connectivity index (χ2v) is 8.83. The van der Waals surface area contributed by atoms with Crippen LogP contribution in [-0.4, -0.2) is 43.2 Å². The number of hydrogen-bond donors (Lipinski definition) is 2. The number of carbonyl (C=O) groups is 1. The molecule has 7 nitrogen and oxygen atoms in total. The van der Waals surface area contributed by atoms with Crippen molar-refractivity contribution in [3.05, 3.63) is 88.0 Å². The van der Waals surface area contributed by atoms with Crippen LogP contribution in [-0.2, 0) is 11.2 Å². The van der Waals surface area contributed by atoms with Crippen LogP contribution in [0.1, 0.15) is 42.0 Å². The lowest BCUT2D eigenvalue weighted by molar-refractivity contribution is -0.132. The topological polar surface area (TPSA) is 99.2 Å². The first-order valence-corrected chi connectivity index (χ1v) is 12.0. The number of piperidine rings is 1. The van der Waals surface area contributed by atoms with Gasteiger partial charge in [-0.05, 0) is 36.5 Å². The second kappa shape index (κ2) is 11.0. The van der Waals surface area contributed by atoms with Gasteiger partial charge in [-0.2, -0.15) is 4.98 Å². The molecule has 3 aromatic rings. The number of aromatic hydroxyl groups is 1. The molecule has 4 rings (SSSR count). The SMILES string of the molecule is O=C(CSc1nc(O)c(C/C=C/c2ccccc2)c(=O)[nH]1)N1CCCC[C@H]1c1cccnc1. The Hall–Kier alpha value is -3.39. The summed E-state index contributed by atoms with van der Waals surface area (Å²) in [4.78, 5) is 38.3. The maximum absolute atomic E-state index is 13.0. The summed E-state index contributed by atoms with van der Waals surface area (Å²) in [6.45, 7) is 0.695. The van der Waals surface area contributed by atoms with Gasteiger partial charge < -0.3 is 15.0 Å². The van der Waals surface area contributed by atoms with Crippen molar-refractivity contribution in [1.82, 2.24) is 19.9 Å². The van der Waals surface area contributed by atoms with Crippen molar-refractivity contribution < 1.29 is 9.90 Å². The van der Waals surface area contributed by atoms with Crippen LogP contribution in [0.4, 0.5) is 0 Å². The Kier molecular flexibility index (Phi) is 7.57. The van der Waals surface area contributed by atoms with Crippen LogP contribution in [0.25, 0.3) is 6.08 Å². The first-order chi connectivity index (χ1) is 16.1. The van der Waals surface area contributed by atoms with Gasteiger partial charge in [0.25, 0.3) is 5.56 Å². The number of carbonyl (C=O) groups excluding carboxylic acids is 1. The van der Waals surface area contributed by atoms with Gasteiger partial charge in [-0.15, -0.1) is 0 Å². The van der Waals surface area contributed by atoms with Gasteiger partial charge in [0.2, 0.25) is 11.8 Å². The number of H-pyrrole nitrogens is 1. The minimum absolute atomic E-state index is 0.0136. The number of likely N-dealkylation sites (tertiary alicyclic amines) is 1. The lowest BCUT2D eigenvalue weighted by Gasteiger charge is -2.36. The Morgan fingerprint density at radius 3 is 2.82 bits per heavy atom. The molecule has 2 N–H and O–H groups in total. The van der Waals surface area contributed by atoms with Crippen molar-refractivity contribution in [3.8, 4) is 5.88 Å². The summed E-state index contributed by atoms with van der Waals surface area (Å²) < 4.78 is 0. The van der Waals surface area contributed by atoms with E-state index in [0.717, 1.165) is 42.2 Å². The highest BCUT2D eigenvalue weighted by Crippen LogP contribution is 2.31. The molecule has 8 heteroatoms. The molecule has 1 amide bonds. The number of thioether (sulfide) groups is 1. The molecule has 2 aromatic heterocycles. The van der Waals surface area contributed by atoms with E-state index in [9.17, 15) is 14.7 Å². The molecule has 0 saturated carbocycles. The minimum Gasteiger partial charge on any atom is -0.493 e. The Labute approximate surface area is 196 Å². The van der Waals surface area contributed by atoms with Crippen LogP contribution in [0.3, 0.4) is 0 Å². The van der Waals surface area contributed by atoms with Gasteiger partial charge in [0.05, 0.1) is 17.4 Å². The maximum atomic E-state index is 13.0. The largest absolute Gasteiger partial charge is 0.493 e. The maximum Gasteiger partial charge on any atom is 0.258 e. The highest BCUT2D eigenvalue weighted by Gasteiger charge is 2.28. The highest BCUT2D eigenvalue weighted by atomic mass is 32.2. The summed E-state index contributed by atoms with van der Waals surface area (Å²) in [6.07, 6.45) is 10.4. The van der Waals surface area contributed by atoms with Crippen molar-refractivity contribution in [2.45, 2.75) is 36.9 Å². The van der Waals surface area contributed by atoms with E-state index in [4.69, 9.17) is 0 Å². The molecule has 0 spiro atoms. The van der Waals surface area contributed by atoms with E-state index in [2.05, 4.69) is 15.0 Å². The number of allylic oxidation sites excluding steroid dienone is 1. The molecule has 0 unspecified atom stereocenters. The third-order valence-corrected chi connectivity index (χ3v) is 6.49. The number of nitrogens with zero attached hydrogens (tertiary/aromatic N) is 3. The number of aromatic amines is 1. The molecule has 1 aliphatic rings. The first kappa shape index (κ1) is 22.8. The summed E-state index contributed by atoms with van der Waals surface area (Å²) >= 11 is 1.13. The first-order valence-electron chi connectivity index (χ1n) is 11.0. The van der Waals surface area contributed by atoms with Crippen LogP contribution in [0.2, 0.25) is 0 Å². The fourth-order valence-electron chi connectivity index (χ4n) is 3.96. The summed E-state index contributed by atoms with van der Waals surface area (Å²) in [5, 5.41) is 10.5. The van der Waals surface area contributed by atoms with Crippen molar-refractivity contribution in [2.24, 2.45) is 0 Å². The molecule has 0 aliphatic carbocycles. The molecule has 33 heavy (non-hydrogen) atoms. The molecule has 0 bridgehead atoms.